The average molecular weight is 237 g/mol. The topological polar surface area (TPSA) is 21.3 Å². The Bertz CT molecular complexity index is 321. The zero-order chi connectivity index (χ0) is 11.9. The van der Waals surface area contributed by atoms with E-state index in [9.17, 15) is 4.39 Å². The van der Waals surface area contributed by atoms with Gasteiger partial charge in [0.25, 0.3) is 0 Å². The fourth-order valence-corrected chi connectivity index (χ4v) is 1.67. The maximum Gasteiger partial charge on any atom is 0.123 e. The summed E-state index contributed by atoms with van der Waals surface area (Å²) in [5.41, 5.74) is 1.12. The van der Waals surface area contributed by atoms with Crippen LogP contribution in [0.3, 0.4) is 0 Å². The Balaban J connectivity index is 1.46. The molecule has 1 aliphatic rings. The highest BCUT2D eigenvalue weighted by Gasteiger charge is 2.20. The number of rotatable bonds is 8. The number of hydrogen-bond donors (Lipinski definition) is 1. The van der Waals surface area contributed by atoms with Crippen molar-refractivity contribution >= 4 is 0 Å². The van der Waals surface area contributed by atoms with Gasteiger partial charge in [0, 0.05) is 19.8 Å². The molecule has 0 aromatic heterocycles. The molecule has 2 rings (SSSR count). The quantitative estimate of drug-likeness (QED) is 0.702. The molecule has 0 amide bonds. The first kappa shape index (κ1) is 12.5. The normalized spacial score (nSPS) is 15.1. The summed E-state index contributed by atoms with van der Waals surface area (Å²) in [6.07, 6.45) is 3.74. The second kappa shape index (κ2) is 6.72. The highest BCUT2D eigenvalue weighted by atomic mass is 19.1. The SMILES string of the molecule is Fc1ccc(CNCCCOCC2CC2)cc1. The van der Waals surface area contributed by atoms with E-state index in [1.807, 2.05) is 12.1 Å². The monoisotopic (exact) mass is 237 g/mol. The van der Waals surface area contributed by atoms with E-state index in [1.165, 1.54) is 25.0 Å². The van der Waals surface area contributed by atoms with E-state index in [2.05, 4.69) is 5.32 Å². The first-order chi connectivity index (χ1) is 8.34. The summed E-state index contributed by atoms with van der Waals surface area (Å²) in [6, 6.07) is 6.61. The number of hydrogen-bond acceptors (Lipinski definition) is 2. The summed E-state index contributed by atoms with van der Waals surface area (Å²) in [7, 11) is 0. The Morgan fingerprint density at radius 2 is 2.00 bits per heavy atom. The highest BCUT2D eigenvalue weighted by molar-refractivity contribution is 5.15. The van der Waals surface area contributed by atoms with Crippen LogP contribution in [0, 0.1) is 11.7 Å². The fourth-order valence-electron chi connectivity index (χ4n) is 1.67. The van der Waals surface area contributed by atoms with Crippen molar-refractivity contribution in [1.29, 1.82) is 0 Å². The van der Waals surface area contributed by atoms with Gasteiger partial charge in [0.05, 0.1) is 0 Å². The molecule has 0 aliphatic heterocycles. The summed E-state index contributed by atoms with van der Waals surface area (Å²) in [6.45, 7) is 3.52. The number of nitrogens with one attached hydrogen (secondary N) is 1. The molecular weight excluding hydrogens is 217 g/mol. The van der Waals surface area contributed by atoms with Crippen LogP contribution in [-0.4, -0.2) is 19.8 Å². The van der Waals surface area contributed by atoms with Gasteiger partial charge in [-0.1, -0.05) is 12.1 Å². The fraction of sp³-hybridized carbons (Fsp3) is 0.571. The summed E-state index contributed by atoms with van der Waals surface area (Å²) in [5, 5.41) is 3.32. The summed E-state index contributed by atoms with van der Waals surface area (Å²) in [4.78, 5) is 0. The van der Waals surface area contributed by atoms with Crippen LogP contribution < -0.4 is 5.32 Å². The molecule has 1 saturated carbocycles. The van der Waals surface area contributed by atoms with E-state index in [4.69, 9.17) is 4.74 Å². The van der Waals surface area contributed by atoms with Crippen molar-refractivity contribution in [3.8, 4) is 0 Å². The van der Waals surface area contributed by atoms with E-state index >= 15 is 0 Å². The molecule has 0 bridgehead atoms. The molecule has 0 saturated heterocycles. The molecule has 1 aromatic rings. The Kier molecular flexibility index (Phi) is 4.95. The maximum absolute atomic E-state index is 12.6. The Hall–Kier alpha value is -0.930. The highest BCUT2D eigenvalue weighted by Crippen LogP contribution is 2.28. The average Bonchev–Trinajstić information content (AvgIpc) is 3.14. The zero-order valence-corrected chi connectivity index (χ0v) is 10.1. The standard InChI is InChI=1S/C14H20FNO/c15-14-6-4-12(5-7-14)10-16-8-1-9-17-11-13-2-3-13/h4-7,13,16H,1-3,8-11H2. The Morgan fingerprint density at radius 3 is 2.71 bits per heavy atom. The molecule has 0 unspecified atom stereocenters. The van der Waals surface area contributed by atoms with Crippen LogP contribution in [0.4, 0.5) is 4.39 Å². The van der Waals surface area contributed by atoms with E-state index < -0.39 is 0 Å². The number of benzene rings is 1. The molecule has 1 aromatic carbocycles. The first-order valence-corrected chi connectivity index (χ1v) is 6.37. The lowest BCUT2D eigenvalue weighted by Crippen LogP contribution is -2.16. The molecule has 94 valence electrons. The van der Waals surface area contributed by atoms with Crippen molar-refractivity contribution in [2.45, 2.75) is 25.8 Å². The smallest absolute Gasteiger partial charge is 0.123 e. The molecule has 1 aliphatic carbocycles. The van der Waals surface area contributed by atoms with Gasteiger partial charge in [0.2, 0.25) is 0 Å². The van der Waals surface area contributed by atoms with Gasteiger partial charge in [-0.3, -0.25) is 0 Å². The van der Waals surface area contributed by atoms with Crippen LogP contribution in [0.15, 0.2) is 24.3 Å². The van der Waals surface area contributed by atoms with Crippen molar-refractivity contribution in [3.05, 3.63) is 35.6 Å². The molecule has 2 nitrogen and oxygen atoms in total. The van der Waals surface area contributed by atoms with Crippen LogP contribution in [0.5, 0.6) is 0 Å². The molecule has 1 fully saturated rings. The lowest BCUT2D eigenvalue weighted by molar-refractivity contribution is 0.122. The van der Waals surface area contributed by atoms with Gasteiger partial charge in [-0.25, -0.2) is 4.39 Å². The van der Waals surface area contributed by atoms with E-state index in [0.29, 0.717) is 0 Å². The second-order valence-electron chi connectivity index (χ2n) is 4.68. The third kappa shape index (κ3) is 5.29. The molecule has 0 spiro atoms. The van der Waals surface area contributed by atoms with Gasteiger partial charge in [-0.05, 0) is 49.4 Å². The lowest BCUT2D eigenvalue weighted by Gasteiger charge is -2.05. The predicted octanol–water partition coefficient (Wildman–Crippen LogP) is 2.73. The van der Waals surface area contributed by atoms with Gasteiger partial charge in [0.15, 0.2) is 0 Å². The minimum atomic E-state index is -0.178. The maximum atomic E-state index is 12.6. The van der Waals surface area contributed by atoms with Gasteiger partial charge in [0.1, 0.15) is 5.82 Å². The number of halogens is 1. The van der Waals surface area contributed by atoms with Crippen LogP contribution in [0.2, 0.25) is 0 Å². The largest absolute Gasteiger partial charge is 0.381 e. The van der Waals surface area contributed by atoms with Crippen LogP contribution in [-0.2, 0) is 11.3 Å². The molecule has 17 heavy (non-hydrogen) atoms. The van der Waals surface area contributed by atoms with Crippen molar-refractivity contribution in [2.24, 2.45) is 5.92 Å². The molecule has 0 atom stereocenters. The van der Waals surface area contributed by atoms with Gasteiger partial charge in [-0.2, -0.15) is 0 Å². The lowest BCUT2D eigenvalue weighted by atomic mass is 10.2. The third-order valence-corrected chi connectivity index (χ3v) is 2.94. The predicted molar refractivity (Wildman–Crippen MR) is 66.3 cm³/mol. The molecule has 3 heteroatoms. The zero-order valence-electron chi connectivity index (χ0n) is 10.1. The van der Waals surface area contributed by atoms with Crippen LogP contribution in [0.1, 0.15) is 24.8 Å². The molecule has 0 radical (unpaired) electrons. The van der Waals surface area contributed by atoms with E-state index in [0.717, 1.165) is 44.2 Å². The van der Waals surface area contributed by atoms with Crippen molar-refractivity contribution in [3.63, 3.8) is 0 Å². The van der Waals surface area contributed by atoms with E-state index in [-0.39, 0.29) is 5.82 Å². The Labute approximate surface area is 102 Å². The minimum absolute atomic E-state index is 0.178. The third-order valence-electron chi connectivity index (χ3n) is 2.94. The summed E-state index contributed by atoms with van der Waals surface area (Å²) >= 11 is 0. The minimum Gasteiger partial charge on any atom is -0.381 e. The van der Waals surface area contributed by atoms with Crippen molar-refractivity contribution in [2.75, 3.05) is 19.8 Å². The molecule has 1 N–H and O–H groups in total. The first-order valence-electron chi connectivity index (χ1n) is 6.37. The summed E-state index contributed by atoms with van der Waals surface area (Å²) in [5.74, 6) is 0.671. The number of ether oxygens (including phenoxy) is 1. The van der Waals surface area contributed by atoms with Gasteiger partial charge >= 0.3 is 0 Å². The second-order valence-corrected chi connectivity index (χ2v) is 4.68. The van der Waals surface area contributed by atoms with Gasteiger partial charge < -0.3 is 10.1 Å². The summed E-state index contributed by atoms with van der Waals surface area (Å²) < 4.78 is 18.2. The molecular formula is C14H20FNO. The molecule has 0 heterocycles. The van der Waals surface area contributed by atoms with Crippen LogP contribution >= 0.6 is 0 Å². The van der Waals surface area contributed by atoms with Crippen LogP contribution in [0.25, 0.3) is 0 Å². The van der Waals surface area contributed by atoms with Gasteiger partial charge in [-0.15, -0.1) is 0 Å². The van der Waals surface area contributed by atoms with E-state index in [1.54, 1.807) is 0 Å². The van der Waals surface area contributed by atoms with Crippen molar-refractivity contribution in [1.82, 2.24) is 5.32 Å². The van der Waals surface area contributed by atoms with Crippen molar-refractivity contribution < 1.29 is 9.13 Å². The Morgan fingerprint density at radius 1 is 1.24 bits per heavy atom.